The molecule has 0 saturated heterocycles. The third-order valence-electron chi connectivity index (χ3n) is 4.02. The minimum Gasteiger partial charge on any atom is -0.454 e. The lowest BCUT2D eigenvalue weighted by atomic mass is 10.1. The van der Waals surface area contributed by atoms with Gasteiger partial charge >= 0.3 is 5.97 Å². The van der Waals surface area contributed by atoms with Crippen LogP contribution in [0.25, 0.3) is 6.08 Å². The Morgan fingerprint density at radius 2 is 2.00 bits per heavy atom. The topological polar surface area (TPSA) is 104 Å². The quantitative estimate of drug-likeness (QED) is 0.259. The molecule has 0 fully saturated rings. The molecule has 1 heterocycles. The summed E-state index contributed by atoms with van der Waals surface area (Å²) in [6.45, 7) is 4.79. The first-order valence-electron chi connectivity index (χ1n) is 7.84. The number of aryl methyl sites for hydroxylation is 3. The number of nitro groups is 1. The van der Waals surface area contributed by atoms with E-state index in [2.05, 4.69) is 5.10 Å². The second-order valence-corrected chi connectivity index (χ2v) is 5.83. The molecule has 0 spiro atoms. The lowest BCUT2D eigenvalue weighted by molar-refractivity contribution is -0.385. The summed E-state index contributed by atoms with van der Waals surface area (Å²) in [7, 11) is 1.80. The maximum absolute atomic E-state index is 12.1. The molecule has 0 atom stereocenters. The third-order valence-corrected chi connectivity index (χ3v) is 4.02. The van der Waals surface area contributed by atoms with Crippen LogP contribution in [0.3, 0.4) is 0 Å². The Hall–Kier alpha value is -3.29. The fourth-order valence-corrected chi connectivity index (χ4v) is 2.43. The highest BCUT2D eigenvalue weighted by Gasteiger charge is 2.16. The van der Waals surface area contributed by atoms with Crippen LogP contribution in [0, 0.1) is 30.9 Å². The molecule has 1 aromatic heterocycles. The van der Waals surface area contributed by atoms with Crippen molar-refractivity contribution in [1.82, 2.24) is 9.78 Å². The van der Waals surface area contributed by atoms with Crippen molar-refractivity contribution in [2.75, 3.05) is 6.61 Å². The number of ketones is 1. The zero-order valence-electron chi connectivity index (χ0n) is 15.0. The van der Waals surface area contributed by atoms with E-state index in [1.807, 2.05) is 13.8 Å². The van der Waals surface area contributed by atoms with Gasteiger partial charge in [-0.25, -0.2) is 4.79 Å². The van der Waals surface area contributed by atoms with Crippen molar-refractivity contribution in [1.29, 1.82) is 0 Å². The second kappa shape index (κ2) is 7.73. The highest BCUT2D eigenvalue weighted by molar-refractivity contribution is 5.99. The molecule has 0 amide bonds. The number of carbonyl (C=O) groups is 2. The summed E-state index contributed by atoms with van der Waals surface area (Å²) < 4.78 is 6.63. The smallest absolute Gasteiger partial charge is 0.331 e. The average Bonchev–Trinajstić information content (AvgIpc) is 2.83. The number of esters is 1. The van der Waals surface area contributed by atoms with E-state index in [0.717, 1.165) is 17.0 Å². The number of aromatic nitrogens is 2. The van der Waals surface area contributed by atoms with Crippen molar-refractivity contribution in [3.05, 3.63) is 62.5 Å². The van der Waals surface area contributed by atoms with E-state index in [0.29, 0.717) is 5.56 Å². The number of ether oxygens (including phenoxy) is 1. The number of benzene rings is 1. The Balaban J connectivity index is 2.01. The minimum absolute atomic E-state index is 0.123. The van der Waals surface area contributed by atoms with Gasteiger partial charge in [-0.05, 0) is 26.8 Å². The highest BCUT2D eigenvalue weighted by atomic mass is 16.6. The van der Waals surface area contributed by atoms with E-state index in [4.69, 9.17) is 4.74 Å². The number of nitrogens with zero attached hydrogens (tertiary/aromatic N) is 3. The van der Waals surface area contributed by atoms with E-state index < -0.39 is 23.3 Å². The van der Waals surface area contributed by atoms with E-state index >= 15 is 0 Å². The molecule has 2 rings (SSSR count). The molecule has 0 aliphatic heterocycles. The van der Waals surface area contributed by atoms with E-state index in [1.54, 1.807) is 24.7 Å². The number of nitro benzene ring substituents is 1. The fraction of sp³-hybridized carbons (Fsp3) is 0.278. The predicted molar refractivity (Wildman–Crippen MR) is 94.8 cm³/mol. The summed E-state index contributed by atoms with van der Waals surface area (Å²) in [6.07, 6.45) is 2.81. The van der Waals surface area contributed by atoms with Crippen LogP contribution < -0.4 is 0 Å². The molecule has 0 saturated carbocycles. The number of hydrogen-bond acceptors (Lipinski definition) is 6. The van der Waals surface area contributed by atoms with E-state index in [1.165, 1.54) is 24.3 Å². The normalized spacial score (nSPS) is 10.9. The van der Waals surface area contributed by atoms with E-state index in [-0.39, 0.29) is 11.3 Å². The van der Waals surface area contributed by atoms with Gasteiger partial charge in [-0.15, -0.1) is 0 Å². The summed E-state index contributed by atoms with van der Waals surface area (Å²) in [5.74, 6) is -1.19. The van der Waals surface area contributed by atoms with Crippen molar-refractivity contribution >= 4 is 23.5 Å². The van der Waals surface area contributed by atoms with Gasteiger partial charge in [-0.2, -0.15) is 5.10 Å². The molecule has 0 unspecified atom stereocenters. The van der Waals surface area contributed by atoms with Crippen LogP contribution in [0.1, 0.15) is 32.9 Å². The monoisotopic (exact) mass is 357 g/mol. The highest BCUT2D eigenvalue weighted by Crippen LogP contribution is 2.19. The molecule has 0 N–H and O–H groups in total. The van der Waals surface area contributed by atoms with Crippen molar-refractivity contribution in [2.45, 2.75) is 20.8 Å². The molecule has 2 aromatic rings. The van der Waals surface area contributed by atoms with Crippen molar-refractivity contribution in [2.24, 2.45) is 7.05 Å². The maximum Gasteiger partial charge on any atom is 0.331 e. The van der Waals surface area contributed by atoms with E-state index in [9.17, 15) is 19.7 Å². The van der Waals surface area contributed by atoms with Crippen LogP contribution in [0.5, 0.6) is 0 Å². The lowest BCUT2D eigenvalue weighted by Gasteiger charge is -2.03. The van der Waals surface area contributed by atoms with Crippen LogP contribution in [-0.2, 0) is 16.6 Å². The summed E-state index contributed by atoms with van der Waals surface area (Å²) in [5, 5.41) is 15.2. The zero-order valence-corrected chi connectivity index (χ0v) is 15.0. The van der Waals surface area contributed by atoms with Crippen LogP contribution in [0.2, 0.25) is 0 Å². The number of rotatable bonds is 6. The molecule has 0 aliphatic carbocycles. The molecule has 0 radical (unpaired) electrons. The molecular weight excluding hydrogens is 338 g/mol. The van der Waals surface area contributed by atoms with Crippen molar-refractivity contribution < 1.29 is 19.2 Å². The summed E-state index contributed by atoms with van der Waals surface area (Å²) in [4.78, 5) is 34.3. The fourth-order valence-electron chi connectivity index (χ4n) is 2.43. The van der Waals surface area contributed by atoms with Crippen LogP contribution in [0.4, 0.5) is 5.69 Å². The van der Waals surface area contributed by atoms with Gasteiger partial charge in [0.15, 0.2) is 6.61 Å². The summed E-state index contributed by atoms with van der Waals surface area (Å²) in [6, 6.07) is 4.14. The van der Waals surface area contributed by atoms with Crippen LogP contribution in [-0.4, -0.2) is 33.1 Å². The Morgan fingerprint density at radius 1 is 1.31 bits per heavy atom. The average molecular weight is 357 g/mol. The Labute approximate surface area is 150 Å². The van der Waals surface area contributed by atoms with Crippen LogP contribution in [0.15, 0.2) is 24.3 Å². The summed E-state index contributed by atoms with van der Waals surface area (Å²) >= 11 is 0. The van der Waals surface area contributed by atoms with Gasteiger partial charge in [0.05, 0.1) is 10.6 Å². The van der Waals surface area contributed by atoms with Gasteiger partial charge in [0.1, 0.15) is 0 Å². The number of Topliss-reactive ketones (excluding diaryl/α,β-unsaturated/α-hetero) is 1. The number of hydrogen-bond donors (Lipinski definition) is 0. The predicted octanol–water partition coefficient (Wildman–Crippen LogP) is 2.69. The lowest BCUT2D eigenvalue weighted by Crippen LogP contribution is -2.13. The SMILES string of the molecule is Cc1ccc(C(=O)COC(=O)/C=C/c2c(C)nn(C)c2C)cc1[N+](=O)[O-]. The van der Waals surface area contributed by atoms with Crippen LogP contribution >= 0.6 is 0 Å². The summed E-state index contributed by atoms with van der Waals surface area (Å²) in [5.41, 5.74) is 2.91. The van der Waals surface area contributed by atoms with Gasteiger partial charge in [-0.3, -0.25) is 19.6 Å². The van der Waals surface area contributed by atoms with Gasteiger partial charge in [0.2, 0.25) is 5.78 Å². The molecule has 26 heavy (non-hydrogen) atoms. The largest absolute Gasteiger partial charge is 0.454 e. The Kier molecular flexibility index (Phi) is 5.66. The Bertz CT molecular complexity index is 912. The second-order valence-electron chi connectivity index (χ2n) is 5.83. The molecular formula is C18H19N3O5. The first-order chi connectivity index (χ1) is 12.2. The van der Waals surface area contributed by atoms with Gasteiger partial charge < -0.3 is 4.74 Å². The standard InChI is InChI=1S/C18H19N3O5/c1-11-5-6-14(9-16(11)21(24)25)17(22)10-26-18(23)8-7-15-12(2)19-20(4)13(15)3/h5-9H,10H2,1-4H3/b8-7+. The maximum atomic E-state index is 12.1. The zero-order chi connectivity index (χ0) is 19.4. The molecule has 136 valence electrons. The molecule has 8 heteroatoms. The Morgan fingerprint density at radius 3 is 2.58 bits per heavy atom. The minimum atomic E-state index is -0.678. The number of carbonyl (C=O) groups excluding carboxylic acids is 2. The van der Waals surface area contributed by atoms with Crippen molar-refractivity contribution in [3.8, 4) is 0 Å². The molecule has 8 nitrogen and oxygen atoms in total. The van der Waals surface area contributed by atoms with Gasteiger partial charge in [0.25, 0.3) is 5.69 Å². The molecule has 1 aromatic carbocycles. The van der Waals surface area contributed by atoms with Crippen molar-refractivity contribution in [3.63, 3.8) is 0 Å². The third kappa shape index (κ3) is 4.21. The molecule has 0 aliphatic rings. The first-order valence-corrected chi connectivity index (χ1v) is 7.84. The first kappa shape index (κ1) is 19.0. The van der Waals surface area contributed by atoms with Gasteiger partial charge in [0, 0.05) is 41.6 Å². The molecule has 0 bridgehead atoms. The van der Waals surface area contributed by atoms with Gasteiger partial charge in [-0.1, -0.05) is 12.1 Å².